The maximum atomic E-state index is 5.39. The highest BCUT2D eigenvalue weighted by Crippen LogP contribution is 2.40. The van der Waals surface area contributed by atoms with Gasteiger partial charge in [-0.25, -0.2) is 15.0 Å². The highest BCUT2D eigenvalue weighted by molar-refractivity contribution is 6.20. The number of aromatic nitrogens is 5. The quantitative estimate of drug-likeness (QED) is 0.184. The molecule has 0 aliphatic carbocycles. The van der Waals surface area contributed by atoms with E-state index in [0.717, 1.165) is 83.6 Å². The second-order valence-corrected chi connectivity index (χ2v) is 11.5. The molecular weight excluding hydrogens is 574 g/mol. The van der Waals surface area contributed by atoms with Crippen LogP contribution in [0.4, 0.5) is 0 Å². The van der Waals surface area contributed by atoms with Gasteiger partial charge in [0, 0.05) is 51.1 Å². The van der Waals surface area contributed by atoms with E-state index in [1.807, 2.05) is 54.7 Å². The molecule has 0 atom stereocenters. The van der Waals surface area contributed by atoms with Crippen molar-refractivity contribution in [2.45, 2.75) is 0 Å². The fourth-order valence-corrected chi connectivity index (χ4v) is 6.48. The number of imidazole rings is 1. The van der Waals surface area contributed by atoms with Crippen molar-refractivity contribution in [3.63, 3.8) is 0 Å². The summed E-state index contributed by atoms with van der Waals surface area (Å²) < 4.78 is 2.26. The number of para-hydroxylation sites is 2. The minimum atomic E-state index is 0.896. The third kappa shape index (κ3) is 4.64. The first-order valence-corrected chi connectivity index (χ1v) is 15.6. The predicted octanol–water partition coefficient (Wildman–Crippen LogP) is 10.2. The van der Waals surface area contributed by atoms with Gasteiger partial charge in [-0.1, -0.05) is 103 Å². The van der Waals surface area contributed by atoms with Gasteiger partial charge in [0.15, 0.2) is 0 Å². The van der Waals surface area contributed by atoms with Crippen LogP contribution in [-0.4, -0.2) is 24.5 Å². The van der Waals surface area contributed by atoms with E-state index in [-0.39, 0.29) is 0 Å². The van der Waals surface area contributed by atoms with Crippen LogP contribution in [0.1, 0.15) is 0 Å². The Morgan fingerprint density at radius 1 is 0.447 bits per heavy atom. The zero-order valence-corrected chi connectivity index (χ0v) is 25.3. The summed E-state index contributed by atoms with van der Waals surface area (Å²) >= 11 is 0. The van der Waals surface area contributed by atoms with Crippen molar-refractivity contribution in [2.75, 3.05) is 0 Å². The van der Waals surface area contributed by atoms with Gasteiger partial charge in [-0.15, -0.1) is 0 Å². The maximum absolute atomic E-state index is 5.39. The SMILES string of the molecule is c1ccc(-c2nc3c4c(-c5ccc(-c6cccc(-c7cccnc7)n6)cc5)nc5ccccc5c4ccc3n2-c2ccccc2)cc1. The van der Waals surface area contributed by atoms with Crippen LogP contribution in [0.15, 0.2) is 164 Å². The van der Waals surface area contributed by atoms with Crippen LogP contribution in [0.25, 0.3) is 83.6 Å². The lowest BCUT2D eigenvalue weighted by Gasteiger charge is -2.12. The Labute approximate surface area is 271 Å². The molecule has 4 aromatic heterocycles. The average molecular weight is 602 g/mol. The molecule has 0 amide bonds. The molecule has 0 aliphatic rings. The highest BCUT2D eigenvalue weighted by atomic mass is 15.1. The van der Waals surface area contributed by atoms with Crippen LogP contribution < -0.4 is 0 Å². The van der Waals surface area contributed by atoms with E-state index >= 15 is 0 Å². The van der Waals surface area contributed by atoms with Crippen molar-refractivity contribution >= 4 is 32.7 Å². The molecule has 5 nitrogen and oxygen atoms in total. The molecule has 0 radical (unpaired) electrons. The Morgan fingerprint density at radius 2 is 1.15 bits per heavy atom. The van der Waals surface area contributed by atoms with Gasteiger partial charge in [-0.3, -0.25) is 9.55 Å². The molecule has 0 unspecified atom stereocenters. The standard InChI is InChI=1S/C42H27N5/c1-3-11-30(12-4-1)42-46-41-38(47(42)32-14-5-2-6-15-32)25-24-34-33-16-7-8-17-37(33)45-40(39(34)41)29-22-20-28(21-23-29)35-18-9-19-36(44-35)31-13-10-26-43-27-31/h1-27H. The first-order chi connectivity index (χ1) is 23.3. The highest BCUT2D eigenvalue weighted by Gasteiger charge is 2.20. The largest absolute Gasteiger partial charge is 0.292 e. The lowest BCUT2D eigenvalue weighted by atomic mass is 9.97. The van der Waals surface area contributed by atoms with Gasteiger partial charge in [0.25, 0.3) is 0 Å². The minimum Gasteiger partial charge on any atom is -0.292 e. The van der Waals surface area contributed by atoms with Gasteiger partial charge in [0.05, 0.1) is 33.6 Å². The van der Waals surface area contributed by atoms with E-state index in [1.54, 1.807) is 6.20 Å². The molecule has 4 heterocycles. The monoisotopic (exact) mass is 601 g/mol. The van der Waals surface area contributed by atoms with E-state index in [9.17, 15) is 0 Å². The lowest BCUT2D eigenvalue weighted by Crippen LogP contribution is -1.97. The zero-order valence-electron chi connectivity index (χ0n) is 25.3. The summed E-state index contributed by atoms with van der Waals surface area (Å²) in [5.74, 6) is 0.897. The van der Waals surface area contributed by atoms with Gasteiger partial charge in [-0.05, 0) is 53.9 Å². The molecule has 0 spiro atoms. The summed E-state index contributed by atoms with van der Waals surface area (Å²) in [5.41, 5.74) is 10.8. The van der Waals surface area contributed by atoms with Crippen LogP contribution >= 0.6 is 0 Å². The van der Waals surface area contributed by atoms with Crippen molar-refractivity contribution in [1.29, 1.82) is 0 Å². The predicted molar refractivity (Wildman–Crippen MR) is 191 cm³/mol. The third-order valence-corrected chi connectivity index (χ3v) is 8.70. The summed E-state index contributed by atoms with van der Waals surface area (Å²) in [6, 6.07) is 52.3. The summed E-state index contributed by atoms with van der Waals surface area (Å²) in [4.78, 5) is 19.9. The molecule has 9 rings (SSSR count). The Kier molecular flexibility index (Phi) is 6.39. The number of benzene rings is 5. The fraction of sp³-hybridized carbons (Fsp3) is 0. The van der Waals surface area contributed by atoms with E-state index in [4.69, 9.17) is 15.0 Å². The molecule has 5 heteroatoms. The number of fused-ring (bicyclic) bond motifs is 5. The van der Waals surface area contributed by atoms with E-state index < -0.39 is 0 Å². The van der Waals surface area contributed by atoms with Crippen molar-refractivity contribution in [2.24, 2.45) is 0 Å². The molecule has 0 bridgehead atoms. The first kappa shape index (κ1) is 26.9. The van der Waals surface area contributed by atoms with Gasteiger partial charge in [-0.2, -0.15) is 0 Å². The molecule has 47 heavy (non-hydrogen) atoms. The van der Waals surface area contributed by atoms with Crippen LogP contribution in [0, 0.1) is 0 Å². The minimum absolute atomic E-state index is 0.896. The molecule has 9 aromatic rings. The number of rotatable bonds is 5. The van der Waals surface area contributed by atoms with Gasteiger partial charge in [0.2, 0.25) is 0 Å². The second-order valence-electron chi connectivity index (χ2n) is 11.5. The zero-order chi connectivity index (χ0) is 31.2. The lowest BCUT2D eigenvalue weighted by molar-refractivity contribution is 1.10. The van der Waals surface area contributed by atoms with Gasteiger partial charge < -0.3 is 0 Å². The number of hydrogen-bond donors (Lipinski definition) is 0. The molecule has 220 valence electrons. The average Bonchev–Trinajstić information content (AvgIpc) is 3.56. The van der Waals surface area contributed by atoms with E-state index in [2.05, 4.69) is 113 Å². The summed E-state index contributed by atoms with van der Waals surface area (Å²) in [6.07, 6.45) is 3.62. The maximum Gasteiger partial charge on any atom is 0.145 e. The van der Waals surface area contributed by atoms with Crippen molar-refractivity contribution in [1.82, 2.24) is 24.5 Å². The number of pyridine rings is 3. The third-order valence-electron chi connectivity index (χ3n) is 8.70. The molecule has 0 saturated heterocycles. The van der Waals surface area contributed by atoms with E-state index in [1.165, 1.54) is 0 Å². The van der Waals surface area contributed by atoms with Crippen LogP contribution in [0.2, 0.25) is 0 Å². The summed E-state index contributed by atoms with van der Waals surface area (Å²) in [6.45, 7) is 0. The van der Waals surface area contributed by atoms with Crippen molar-refractivity contribution in [3.8, 4) is 50.8 Å². The molecule has 0 saturated carbocycles. The van der Waals surface area contributed by atoms with Crippen molar-refractivity contribution in [3.05, 3.63) is 164 Å². The smallest absolute Gasteiger partial charge is 0.145 e. The number of nitrogens with zero attached hydrogens (tertiary/aromatic N) is 5. The Balaban J connectivity index is 1.27. The van der Waals surface area contributed by atoms with E-state index in [0.29, 0.717) is 0 Å². The molecule has 0 N–H and O–H groups in total. The molecule has 0 aliphatic heterocycles. The van der Waals surface area contributed by atoms with Crippen LogP contribution in [-0.2, 0) is 0 Å². The molecule has 5 aromatic carbocycles. The van der Waals surface area contributed by atoms with Crippen molar-refractivity contribution < 1.29 is 0 Å². The Bertz CT molecular complexity index is 2540. The number of hydrogen-bond acceptors (Lipinski definition) is 4. The Hall–Kier alpha value is -6.46. The second kappa shape index (κ2) is 11.2. The summed E-state index contributed by atoms with van der Waals surface area (Å²) in [5, 5.41) is 3.28. The summed E-state index contributed by atoms with van der Waals surface area (Å²) in [7, 11) is 0. The molecule has 0 fully saturated rings. The Morgan fingerprint density at radius 3 is 1.94 bits per heavy atom. The topological polar surface area (TPSA) is 56.5 Å². The van der Waals surface area contributed by atoms with Gasteiger partial charge >= 0.3 is 0 Å². The normalized spacial score (nSPS) is 11.4. The first-order valence-electron chi connectivity index (χ1n) is 15.6. The fourth-order valence-electron chi connectivity index (χ4n) is 6.48. The van der Waals surface area contributed by atoms with Crippen LogP contribution in [0.3, 0.4) is 0 Å². The van der Waals surface area contributed by atoms with Crippen LogP contribution in [0.5, 0.6) is 0 Å². The van der Waals surface area contributed by atoms with Gasteiger partial charge in [0.1, 0.15) is 5.82 Å². The molecular formula is C42H27N5.